The first kappa shape index (κ1) is 11.4. The molecule has 0 aliphatic carbocycles. The fraction of sp³-hybridized carbons (Fsp3) is 0.538. The van der Waals surface area contributed by atoms with Gasteiger partial charge in [0.1, 0.15) is 6.67 Å². The maximum absolute atomic E-state index is 12.7. The highest BCUT2D eigenvalue weighted by molar-refractivity contribution is 5.48. The zero-order valence-electron chi connectivity index (χ0n) is 9.75. The minimum Gasteiger partial charge on any atom is -0.371 e. The summed E-state index contributed by atoms with van der Waals surface area (Å²) in [6, 6.07) is 8.41. The highest BCUT2D eigenvalue weighted by Gasteiger charge is 2.30. The Morgan fingerprint density at radius 1 is 1.38 bits per heavy atom. The molecule has 0 spiro atoms. The molecule has 16 heavy (non-hydrogen) atoms. The summed E-state index contributed by atoms with van der Waals surface area (Å²) in [4.78, 5) is 2.29. The number of nitrogens with two attached hydrogens (primary N) is 1. The summed E-state index contributed by atoms with van der Waals surface area (Å²) in [6.07, 6.45) is 1.47. The number of aryl methyl sites for hydroxylation is 1. The van der Waals surface area contributed by atoms with Crippen molar-refractivity contribution in [1.82, 2.24) is 0 Å². The molecule has 88 valence electrons. The Morgan fingerprint density at radius 2 is 2.06 bits per heavy atom. The van der Waals surface area contributed by atoms with Crippen molar-refractivity contribution < 1.29 is 4.39 Å². The molecular weight excluding hydrogens is 203 g/mol. The van der Waals surface area contributed by atoms with E-state index in [4.69, 9.17) is 5.73 Å². The first-order valence-electron chi connectivity index (χ1n) is 5.79. The molecule has 1 fully saturated rings. The minimum absolute atomic E-state index is 0.408. The van der Waals surface area contributed by atoms with E-state index in [0.29, 0.717) is 0 Å². The quantitative estimate of drug-likeness (QED) is 0.831. The standard InChI is InChI=1S/C13H19FN2/c1-11-3-2-4-12(9-11)16-7-5-13(15,10-14)6-8-16/h2-4,9H,5-8,10,15H2,1H3. The number of hydrogen-bond acceptors (Lipinski definition) is 2. The Morgan fingerprint density at radius 3 is 2.62 bits per heavy atom. The van der Waals surface area contributed by atoms with Gasteiger partial charge in [0, 0.05) is 24.3 Å². The van der Waals surface area contributed by atoms with Crippen LogP contribution < -0.4 is 10.6 Å². The molecule has 0 atom stereocenters. The van der Waals surface area contributed by atoms with Gasteiger partial charge in [-0.25, -0.2) is 4.39 Å². The fourth-order valence-electron chi connectivity index (χ4n) is 2.17. The van der Waals surface area contributed by atoms with Crippen molar-refractivity contribution >= 4 is 5.69 Å². The van der Waals surface area contributed by atoms with Crippen molar-refractivity contribution in [3.8, 4) is 0 Å². The monoisotopic (exact) mass is 222 g/mol. The second kappa shape index (κ2) is 4.42. The van der Waals surface area contributed by atoms with Gasteiger partial charge in [-0.2, -0.15) is 0 Å². The maximum atomic E-state index is 12.7. The van der Waals surface area contributed by atoms with Crippen LogP contribution in [-0.2, 0) is 0 Å². The van der Waals surface area contributed by atoms with Gasteiger partial charge in [0.15, 0.2) is 0 Å². The largest absolute Gasteiger partial charge is 0.371 e. The lowest BCUT2D eigenvalue weighted by molar-refractivity contribution is 0.255. The normalized spacial score (nSPS) is 19.8. The Hall–Kier alpha value is -1.09. The van der Waals surface area contributed by atoms with Crippen LogP contribution in [-0.4, -0.2) is 25.3 Å². The van der Waals surface area contributed by atoms with Gasteiger partial charge in [0.2, 0.25) is 0 Å². The van der Waals surface area contributed by atoms with Crippen LogP contribution in [0.1, 0.15) is 18.4 Å². The lowest BCUT2D eigenvalue weighted by atomic mass is 9.90. The van der Waals surface area contributed by atoms with Gasteiger partial charge < -0.3 is 10.6 Å². The Bertz CT molecular complexity index is 357. The molecule has 2 N–H and O–H groups in total. The molecule has 2 nitrogen and oxygen atoms in total. The van der Waals surface area contributed by atoms with E-state index in [1.807, 2.05) is 0 Å². The molecule has 1 aliphatic heterocycles. The number of halogens is 1. The fourth-order valence-corrected chi connectivity index (χ4v) is 2.17. The highest BCUT2D eigenvalue weighted by atomic mass is 19.1. The van der Waals surface area contributed by atoms with Crippen LogP contribution in [0, 0.1) is 6.92 Å². The van der Waals surface area contributed by atoms with Gasteiger partial charge in [0.25, 0.3) is 0 Å². The van der Waals surface area contributed by atoms with E-state index < -0.39 is 12.2 Å². The summed E-state index contributed by atoms with van der Waals surface area (Å²) < 4.78 is 12.7. The minimum atomic E-state index is -0.583. The molecule has 1 heterocycles. The Balaban J connectivity index is 2.04. The van der Waals surface area contributed by atoms with Gasteiger partial charge in [-0.1, -0.05) is 12.1 Å². The topological polar surface area (TPSA) is 29.3 Å². The van der Waals surface area contributed by atoms with Crippen molar-refractivity contribution in [2.45, 2.75) is 25.3 Å². The van der Waals surface area contributed by atoms with E-state index >= 15 is 0 Å². The zero-order valence-corrected chi connectivity index (χ0v) is 9.75. The molecule has 1 aliphatic rings. The van der Waals surface area contributed by atoms with Crippen molar-refractivity contribution in [3.63, 3.8) is 0 Å². The number of anilines is 1. The van der Waals surface area contributed by atoms with Crippen molar-refractivity contribution in [2.24, 2.45) is 5.73 Å². The van der Waals surface area contributed by atoms with Crippen LogP contribution in [0.5, 0.6) is 0 Å². The summed E-state index contributed by atoms with van der Waals surface area (Å²) in [5.41, 5.74) is 7.82. The second-order valence-electron chi connectivity index (χ2n) is 4.82. The smallest absolute Gasteiger partial charge is 0.107 e. The summed E-state index contributed by atoms with van der Waals surface area (Å²) in [5.74, 6) is 0. The maximum Gasteiger partial charge on any atom is 0.107 e. The summed E-state index contributed by atoms with van der Waals surface area (Å²) in [6.45, 7) is 3.38. The number of piperidine rings is 1. The van der Waals surface area contributed by atoms with Gasteiger partial charge in [-0.3, -0.25) is 0 Å². The SMILES string of the molecule is Cc1cccc(N2CCC(N)(CF)CC2)c1. The first-order chi connectivity index (χ1) is 7.63. The average molecular weight is 222 g/mol. The molecular formula is C13H19FN2. The number of rotatable bonds is 2. The molecule has 1 saturated heterocycles. The van der Waals surface area contributed by atoms with Gasteiger partial charge in [0.05, 0.1) is 0 Å². The predicted molar refractivity (Wildman–Crippen MR) is 65.5 cm³/mol. The molecule has 1 aromatic rings. The molecule has 2 rings (SSSR count). The first-order valence-corrected chi connectivity index (χ1v) is 5.79. The molecule has 0 bridgehead atoms. The van der Waals surface area contributed by atoms with E-state index in [0.717, 1.165) is 25.9 Å². The molecule has 0 saturated carbocycles. The van der Waals surface area contributed by atoms with Gasteiger partial charge in [-0.05, 0) is 37.5 Å². The molecule has 0 radical (unpaired) electrons. The van der Waals surface area contributed by atoms with Crippen LogP contribution >= 0.6 is 0 Å². The second-order valence-corrected chi connectivity index (χ2v) is 4.82. The lowest BCUT2D eigenvalue weighted by Crippen LogP contribution is -2.52. The van der Waals surface area contributed by atoms with Crippen LogP contribution in [0.3, 0.4) is 0 Å². The van der Waals surface area contributed by atoms with Gasteiger partial charge in [-0.15, -0.1) is 0 Å². The van der Waals surface area contributed by atoms with E-state index in [9.17, 15) is 4.39 Å². The number of benzene rings is 1. The third-order valence-corrected chi connectivity index (χ3v) is 3.39. The molecule has 3 heteroatoms. The van der Waals surface area contributed by atoms with E-state index in [2.05, 4.69) is 36.1 Å². The van der Waals surface area contributed by atoms with Crippen LogP contribution in [0.15, 0.2) is 24.3 Å². The number of hydrogen-bond donors (Lipinski definition) is 1. The third kappa shape index (κ3) is 2.35. The Kier molecular flexibility index (Phi) is 3.15. The lowest BCUT2D eigenvalue weighted by Gasteiger charge is -2.38. The van der Waals surface area contributed by atoms with Crippen LogP contribution in [0.2, 0.25) is 0 Å². The summed E-state index contributed by atoms with van der Waals surface area (Å²) in [7, 11) is 0. The van der Waals surface area contributed by atoms with E-state index in [1.165, 1.54) is 11.3 Å². The van der Waals surface area contributed by atoms with Gasteiger partial charge >= 0.3 is 0 Å². The summed E-state index contributed by atoms with van der Waals surface area (Å²) in [5, 5.41) is 0. The molecule has 0 unspecified atom stereocenters. The van der Waals surface area contributed by atoms with Crippen molar-refractivity contribution in [1.29, 1.82) is 0 Å². The van der Waals surface area contributed by atoms with Crippen molar-refractivity contribution in [2.75, 3.05) is 24.7 Å². The number of alkyl halides is 1. The van der Waals surface area contributed by atoms with Crippen LogP contribution in [0.4, 0.5) is 10.1 Å². The molecule has 0 amide bonds. The molecule has 0 aromatic heterocycles. The highest BCUT2D eigenvalue weighted by Crippen LogP contribution is 2.25. The van der Waals surface area contributed by atoms with E-state index in [1.54, 1.807) is 0 Å². The van der Waals surface area contributed by atoms with E-state index in [-0.39, 0.29) is 0 Å². The van der Waals surface area contributed by atoms with Crippen molar-refractivity contribution in [3.05, 3.63) is 29.8 Å². The average Bonchev–Trinajstić information content (AvgIpc) is 2.30. The molecule has 1 aromatic carbocycles. The third-order valence-electron chi connectivity index (χ3n) is 3.39. The zero-order chi connectivity index (χ0) is 11.6. The predicted octanol–water partition coefficient (Wildman–Crippen LogP) is 2.26. The van der Waals surface area contributed by atoms with Crippen LogP contribution in [0.25, 0.3) is 0 Å². The Labute approximate surface area is 96.2 Å². The number of nitrogens with zero attached hydrogens (tertiary/aromatic N) is 1. The summed E-state index contributed by atoms with van der Waals surface area (Å²) >= 11 is 0.